The molecule has 5 heteroatoms. The van der Waals surface area contributed by atoms with Gasteiger partial charge in [-0.05, 0) is 31.4 Å². The number of aromatic nitrogens is 3. The lowest BCUT2D eigenvalue weighted by molar-refractivity contribution is 0.281. The Kier molecular flexibility index (Phi) is 4.65. The van der Waals surface area contributed by atoms with E-state index in [0.29, 0.717) is 0 Å². The van der Waals surface area contributed by atoms with E-state index in [9.17, 15) is 0 Å². The van der Waals surface area contributed by atoms with Crippen LogP contribution in [0.2, 0.25) is 0 Å². The Balaban J connectivity index is 1.79. The SMILES string of the molecule is OCCCCCn1cc(-c2ccccc2-c2ccco2)nn1. The maximum atomic E-state index is 8.79. The quantitative estimate of drug-likeness (QED) is 0.679. The third-order valence-electron chi connectivity index (χ3n) is 3.57. The van der Waals surface area contributed by atoms with Crippen LogP contribution in [0.3, 0.4) is 0 Å². The van der Waals surface area contributed by atoms with Gasteiger partial charge in [-0.3, -0.25) is 4.68 Å². The van der Waals surface area contributed by atoms with Crippen molar-refractivity contribution in [2.24, 2.45) is 0 Å². The lowest BCUT2D eigenvalue weighted by Gasteiger charge is -2.03. The first-order valence-electron chi connectivity index (χ1n) is 7.53. The minimum Gasteiger partial charge on any atom is -0.464 e. The normalized spacial score (nSPS) is 11.0. The highest BCUT2D eigenvalue weighted by Gasteiger charge is 2.12. The van der Waals surface area contributed by atoms with E-state index in [-0.39, 0.29) is 6.61 Å². The van der Waals surface area contributed by atoms with Crippen LogP contribution in [0.1, 0.15) is 19.3 Å². The van der Waals surface area contributed by atoms with Gasteiger partial charge in [-0.25, -0.2) is 0 Å². The molecule has 0 amide bonds. The summed E-state index contributed by atoms with van der Waals surface area (Å²) in [5.41, 5.74) is 2.87. The molecule has 5 nitrogen and oxygen atoms in total. The molecule has 0 saturated carbocycles. The molecule has 0 saturated heterocycles. The van der Waals surface area contributed by atoms with E-state index < -0.39 is 0 Å². The summed E-state index contributed by atoms with van der Waals surface area (Å²) in [5.74, 6) is 0.827. The molecule has 22 heavy (non-hydrogen) atoms. The molecule has 1 aromatic carbocycles. The van der Waals surface area contributed by atoms with Crippen LogP contribution < -0.4 is 0 Å². The summed E-state index contributed by atoms with van der Waals surface area (Å²) in [4.78, 5) is 0. The second kappa shape index (κ2) is 7.04. The maximum absolute atomic E-state index is 8.79. The van der Waals surface area contributed by atoms with E-state index >= 15 is 0 Å². The Hall–Kier alpha value is -2.40. The number of aryl methyl sites for hydroxylation is 1. The van der Waals surface area contributed by atoms with Crippen molar-refractivity contribution in [1.82, 2.24) is 15.0 Å². The molecule has 0 unspecified atom stereocenters. The number of furan rings is 1. The molecule has 0 fully saturated rings. The number of unbranched alkanes of at least 4 members (excludes halogenated alkanes) is 2. The zero-order valence-corrected chi connectivity index (χ0v) is 12.4. The van der Waals surface area contributed by atoms with Gasteiger partial charge in [-0.15, -0.1) is 5.10 Å². The van der Waals surface area contributed by atoms with E-state index in [2.05, 4.69) is 10.3 Å². The zero-order chi connectivity index (χ0) is 15.2. The van der Waals surface area contributed by atoms with Gasteiger partial charge in [0.25, 0.3) is 0 Å². The lowest BCUT2D eigenvalue weighted by atomic mass is 10.0. The van der Waals surface area contributed by atoms with Crippen molar-refractivity contribution in [2.75, 3.05) is 6.61 Å². The summed E-state index contributed by atoms with van der Waals surface area (Å²) in [6, 6.07) is 11.8. The third kappa shape index (κ3) is 3.26. The minimum atomic E-state index is 0.249. The topological polar surface area (TPSA) is 64.1 Å². The number of aliphatic hydroxyl groups excluding tert-OH is 1. The summed E-state index contributed by atoms with van der Waals surface area (Å²) in [6.45, 7) is 1.06. The predicted octanol–water partition coefficient (Wildman–Crippen LogP) is 3.37. The molecule has 2 heterocycles. The molecule has 0 atom stereocenters. The first-order valence-corrected chi connectivity index (χ1v) is 7.53. The summed E-state index contributed by atoms with van der Waals surface area (Å²) in [5, 5.41) is 17.3. The maximum Gasteiger partial charge on any atom is 0.134 e. The van der Waals surface area contributed by atoms with Gasteiger partial charge in [0.15, 0.2) is 0 Å². The predicted molar refractivity (Wildman–Crippen MR) is 84.1 cm³/mol. The first kappa shape index (κ1) is 14.5. The summed E-state index contributed by atoms with van der Waals surface area (Å²) in [6.07, 6.45) is 6.45. The van der Waals surface area contributed by atoms with Crippen LogP contribution in [0.5, 0.6) is 0 Å². The summed E-state index contributed by atoms with van der Waals surface area (Å²) < 4.78 is 7.35. The largest absolute Gasteiger partial charge is 0.464 e. The van der Waals surface area contributed by atoms with Crippen LogP contribution in [0, 0.1) is 0 Å². The van der Waals surface area contributed by atoms with E-state index in [1.807, 2.05) is 47.3 Å². The minimum absolute atomic E-state index is 0.249. The van der Waals surface area contributed by atoms with Crippen molar-refractivity contribution in [2.45, 2.75) is 25.8 Å². The Morgan fingerprint density at radius 2 is 1.86 bits per heavy atom. The second-order valence-electron chi connectivity index (χ2n) is 5.17. The van der Waals surface area contributed by atoms with E-state index in [1.165, 1.54) is 0 Å². The molecule has 114 valence electrons. The molecular formula is C17H19N3O2. The molecular weight excluding hydrogens is 278 g/mol. The van der Waals surface area contributed by atoms with Crippen LogP contribution in [0.4, 0.5) is 0 Å². The lowest BCUT2D eigenvalue weighted by Crippen LogP contribution is -1.99. The van der Waals surface area contributed by atoms with E-state index in [4.69, 9.17) is 9.52 Å². The number of hydrogen-bond donors (Lipinski definition) is 1. The number of nitrogens with zero attached hydrogens (tertiary/aromatic N) is 3. The van der Waals surface area contributed by atoms with Crippen LogP contribution in [0.25, 0.3) is 22.6 Å². The fourth-order valence-corrected chi connectivity index (χ4v) is 2.45. The average Bonchev–Trinajstić information content (AvgIpc) is 3.23. The third-order valence-corrected chi connectivity index (χ3v) is 3.57. The van der Waals surface area contributed by atoms with Crippen LogP contribution in [0.15, 0.2) is 53.3 Å². The first-order chi connectivity index (χ1) is 10.9. The van der Waals surface area contributed by atoms with Crippen molar-refractivity contribution in [3.63, 3.8) is 0 Å². The summed E-state index contributed by atoms with van der Waals surface area (Å²) >= 11 is 0. The van der Waals surface area contributed by atoms with Gasteiger partial charge in [-0.2, -0.15) is 0 Å². The van der Waals surface area contributed by atoms with Gasteiger partial charge in [-0.1, -0.05) is 29.5 Å². The monoisotopic (exact) mass is 297 g/mol. The molecule has 0 aliphatic carbocycles. The van der Waals surface area contributed by atoms with Gasteiger partial charge in [0.05, 0.1) is 12.5 Å². The fraction of sp³-hybridized carbons (Fsp3) is 0.294. The molecule has 3 aromatic rings. The van der Waals surface area contributed by atoms with Crippen molar-refractivity contribution < 1.29 is 9.52 Å². The second-order valence-corrected chi connectivity index (χ2v) is 5.17. The fourth-order valence-electron chi connectivity index (χ4n) is 2.45. The molecule has 0 bridgehead atoms. The average molecular weight is 297 g/mol. The molecule has 1 N–H and O–H groups in total. The van der Waals surface area contributed by atoms with Crippen molar-refractivity contribution >= 4 is 0 Å². The molecule has 0 radical (unpaired) electrons. The Bertz CT molecular complexity index is 704. The highest BCUT2D eigenvalue weighted by Crippen LogP contribution is 2.30. The smallest absolute Gasteiger partial charge is 0.134 e. The van der Waals surface area contributed by atoms with Crippen LogP contribution >= 0.6 is 0 Å². The van der Waals surface area contributed by atoms with Gasteiger partial charge in [0.2, 0.25) is 0 Å². The number of aliphatic hydroxyl groups is 1. The highest BCUT2D eigenvalue weighted by molar-refractivity contribution is 5.78. The number of hydrogen-bond acceptors (Lipinski definition) is 4. The molecule has 0 aliphatic rings. The summed E-state index contributed by atoms with van der Waals surface area (Å²) in [7, 11) is 0. The van der Waals surface area contributed by atoms with Crippen molar-refractivity contribution in [3.8, 4) is 22.6 Å². The Morgan fingerprint density at radius 1 is 1.00 bits per heavy atom. The standard InChI is InChI=1S/C17H19N3O2/c21-11-5-1-4-10-20-13-16(18-19-20)14-7-2-3-8-15(14)17-9-6-12-22-17/h2-3,6-9,12-13,21H,1,4-5,10-11H2. The van der Waals surface area contributed by atoms with Crippen LogP contribution in [-0.2, 0) is 6.54 Å². The van der Waals surface area contributed by atoms with Crippen LogP contribution in [-0.4, -0.2) is 26.7 Å². The van der Waals surface area contributed by atoms with Gasteiger partial charge in [0, 0.05) is 24.3 Å². The van der Waals surface area contributed by atoms with E-state index in [0.717, 1.165) is 48.4 Å². The van der Waals surface area contributed by atoms with Gasteiger partial charge < -0.3 is 9.52 Å². The molecule has 0 spiro atoms. The van der Waals surface area contributed by atoms with Crippen molar-refractivity contribution in [1.29, 1.82) is 0 Å². The molecule has 3 rings (SSSR count). The zero-order valence-electron chi connectivity index (χ0n) is 12.4. The van der Waals surface area contributed by atoms with Gasteiger partial charge >= 0.3 is 0 Å². The van der Waals surface area contributed by atoms with Gasteiger partial charge in [0.1, 0.15) is 11.5 Å². The number of rotatable bonds is 7. The molecule has 0 aliphatic heterocycles. The van der Waals surface area contributed by atoms with Crippen molar-refractivity contribution in [3.05, 3.63) is 48.9 Å². The Labute approximate surface area is 129 Å². The number of benzene rings is 1. The van der Waals surface area contributed by atoms with E-state index in [1.54, 1.807) is 6.26 Å². The highest BCUT2D eigenvalue weighted by atomic mass is 16.3. The Morgan fingerprint density at radius 3 is 2.64 bits per heavy atom. The molecule has 2 aromatic heterocycles.